The Balaban J connectivity index is 1.47. The van der Waals surface area contributed by atoms with Crippen molar-refractivity contribution in [1.82, 2.24) is 0 Å². The van der Waals surface area contributed by atoms with Gasteiger partial charge in [0, 0.05) is 5.69 Å². The van der Waals surface area contributed by atoms with Crippen LogP contribution in [0, 0.1) is 0 Å². The molecule has 0 aromatic heterocycles. The zero-order valence-corrected chi connectivity index (χ0v) is 14.1. The van der Waals surface area contributed by atoms with Crippen molar-refractivity contribution in [3.63, 3.8) is 0 Å². The summed E-state index contributed by atoms with van der Waals surface area (Å²) in [6.07, 6.45) is 0. The summed E-state index contributed by atoms with van der Waals surface area (Å²) >= 11 is 0. The average molecular weight is 349 g/mol. The minimum Gasteiger partial charge on any atom is -0.504 e. The van der Waals surface area contributed by atoms with Crippen molar-refractivity contribution in [2.45, 2.75) is 6.61 Å². The van der Waals surface area contributed by atoms with E-state index < -0.39 is 0 Å². The second-order valence-electron chi connectivity index (χ2n) is 5.60. The maximum atomic E-state index is 11.9. The van der Waals surface area contributed by atoms with E-state index in [0.29, 0.717) is 12.3 Å². The molecule has 0 unspecified atom stereocenters. The van der Waals surface area contributed by atoms with Gasteiger partial charge in [-0.25, -0.2) is 0 Å². The standard InChI is InChI=1S/C21H19NO4/c23-19-8-4-5-9-20(19)26-15-21(24)22-17-10-12-18(13-11-17)25-14-16-6-2-1-3-7-16/h1-13,23H,14-15H2,(H,22,24). The lowest BCUT2D eigenvalue weighted by Crippen LogP contribution is -2.20. The first-order chi connectivity index (χ1) is 12.7. The highest BCUT2D eigenvalue weighted by molar-refractivity contribution is 5.91. The van der Waals surface area contributed by atoms with Crippen molar-refractivity contribution in [1.29, 1.82) is 0 Å². The number of carbonyl (C=O) groups excluding carboxylic acids is 1. The fourth-order valence-corrected chi connectivity index (χ4v) is 2.29. The normalized spacial score (nSPS) is 10.2. The van der Waals surface area contributed by atoms with Gasteiger partial charge in [0.15, 0.2) is 18.1 Å². The molecule has 3 aromatic rings. The summed E-state index contributed by atoms with van der Waals surface area (Å²) in [5.74, 6) is 0.677. The van der Waals surface area contributed by atoms with Gasteiger partial charge < -0.3 is 19.9 Å². The Morgan fingerprint density at radius 3 is 2.27 bits per heavy atom. The van der Waals surface area contributed by atoms with Crippen molar-refractivity contribution in [2.75, 3.05) is 11.9 Å². The predicted molar refractivity (Wildman–Crippen MR) is 99.4 cm³/mol. The molecule has 0 saturated carbocycles. The van der Waals surface area contributed by atoms with Gasteiger partial charge in [0.05, 0.1) is 0 Å². The van der Waals surface area contributed by atoms with Crippen LogP contribution in [0.5, 0.6) is 17.2 Å². The van der Waals surface area contributed by atoms with Gasteiger partial charge in [0.2, 0.25) is 0 Å². The van der Waals surface area contributed by atoms with E-state index in [1.807, 2.05) is 30.3 Å². The predicted octanol–water partition coefficient (Wildman–Crippen LogP) is 3.99. The van der Waals surface area contributed by atoms with Crippen LogP contribution in [-0.4, -0.2) is 17.6 Å². The second-order valence-corrected chi connectivity index (χ2v) is 5.60. The molecule has 132 valence electrons. The molecule has 0 aliphatic heterocycles. The number of hydrogen-bond acceptors (Lipinski definition) is 4. The van der Waals surface area contributed by atoms with Gasteiger partial charge in [-0.05, 0) is 42.0 Å². The highest BCUT2D eigenvalue weighted by Gasteiger charge is 2.06. The van der Waals surface area contributed by atoms with Gasteiger partial charge in [-0.2, -0.15) is 0 Å². The summed E-state index contributed by atoms with van der Waals surface area (Å²) in [6.45, 7) is 0.296. The van der Waals surface area contributed by atoms with Crippen LogP contribution in [0.25, 0.3) is 0 Å². The van der Waals surface area contributed by atoms with Crippen LogP contribution in [-0.2, 0) is 11.4 Å². The molecule has 0 radical (unpaired) electrons. The van der Waals surface area contributed by atoms with E-state index in [0.717, 1.165) is 11.3 Å². The van der Waals surface area contributed by atoms with Crippen LogP contribution in [0.2, 0.25) is 0 Å². The highest BCUT2D eigenvalue weighted by Crippen LogP contribution is 2.24. The van der Waals surface area contributed by atoms with E-state index in [1.54, 1.807) is 42.5 Å². The number of rotatable bonds is 7. The van der Waals surface area contributed by atoms with Crippen LogP contribution in [0.3, 0.4) is 0 Å². The maximum Gasteiger partial charge on any atom is 0.262 e. The van der Waals surface area contributed by atoms with Gasteiger partial charge in [0.25, 0.3) is 5.91 Å². The number of phenolic OH excluding ortho intramolecular Hbond substituents is 1. The Hall–Kier alpha value is -3.47. The SMILES string of the molecule is O=C(COc1ccccc1O)Nc1ccc(OCc2ccccc2)cc1. The number of anilines is 1. The van der Waals surface area contributed by atoms with Gasteiger partial charge >= 0.3 is 0 Å². The first-order valence-corrected chi connectivity index (χ1v) is 8.18. The molecule has 0 saturated heterocycles. The summed E-state index contributed by atoms with van der Waals surface area (Å²) in [6, 6.07) is 23.5. The summed E-state index contributed by atoms with van der Waals surface area (Å²) in [4.78, 5) is 11.9. The third-order valence-electron chi connectivity index (χ3n) is 3.61. The molecule has 0 atom stereocenters. The zero-order chi connectivity index (χ0) is 18.2. The minimum absolute atomic E-state index is 0.000202. The third-order valence-corrected chi connectivity index (χ3v) is 3.61. The van der Waals surface area contributed by atoms with Crippen molar-refractivity contribution in [2.24, 2.45) is 0 Å². The van der Waals surface area contributed by atoms with E-state index in [9.17, 15) is 9.90 Å². The maximum absolute atomic E-state index is 11.9. The first kappa shape index (κ1) is 17.4. The molecule has 0 heterocycles. The number of hydrogen-bond donors (Lipinski definition) is 2. The smallest absolute Gasteiger partial charge is 0.262 e. The number of carbonyl (C=O) groups is 1. The quantitative estimate of drug-likeness (QED) is 0.677. The number of phenols is 1. The summed E-state index contributed by atoms with van der Waals surface area (Å²) < 4.78 is 11.0. The van der Waals surface area contributed by atoms with Gasteiger partial charge in [0.1, 0.15) is 12.4 Å². The van der Waals surface area contributed by atoms with Crippen molar-refractivity contribution in [3.8, 4) is 17.2 Å². The summed E-state index contributed by atoms with van der Waals surface area (Å²) in [7, 11) is 0. The van der Waals surface area contributed by atoms with Crippen LogP contribution in [0.15, 0.2) is 78.9 Å². The van der Waals surface area contributed by atoms with Crippen LogP contribution >= 0.6 is 0 Å². The summed E-state index contributed by atoms with van der Waals surface area (Å²) in [5, 5.41) is 12.3. The summed E-state index contributed by atoms with van der Waals surface area (Å²) in [5.41, 5.74) is 1.73. The lowest BCUT2D eigenvalue weighted by molar-refractivity contribution is -0.118. The van der Waals surface area contributed by atoms with Gasteiger partial charge in [-0.1, -0.05) is 42.5 Å². The number of amides is 1. The Bertz CT molecular complexity index is 847. The molecular formula is C21H19NO4. The van der Waals surface area contributed by atoms with Crippen molar-refractivity contribution < 1.29 is 19.4 Å². The Labute approximate surface area is 151 Å². The molecule has 0 aliphatic carbocycles. The number of nitrogens with one attached hydrogen (secondary N) is 1. The third kappa shape index (κ3) is 5.01. The molecule has 26 heavy (non-hydrogen) atoms. The van der Waals surface area contributed by atoms with Crippen LogP contribution in [0.4, 0.5) is 5.69 Å². The first-order valence-electron chi connectivity index (χ1n) is 8.18. The molecule has 0 aliphatic rings. The van der Waals surface area contributed by atoms with Crippen molar-refractivity contribution >= 4 is 11.6 Å². The highest BCUT2D eigenvalue weighted by atomic mass is 16.5. The zero-order valence-electron chi connectivity index (χ0n) is 14.1. The largest absolute Gasteiger partial charge is 0.504 e. The Morgan fingerprint density at radius 2 is 1.54 bits per heavy atom. The molecule has 5 heteroatoms. The molecule has 3 rings (SSSR count). The molecule has 0 bridgehead atoms. The van der Waals surface area contributed by atoms with Gasteiger partial charge in [-0.3, -0.25) is 4.79 Å². The number of benzene rings is 3. The van der Waals surface area contributed by atoms with E-state index in [2.05, 4.69) is 5.32 Å². The Morgan fingerprint density at radius 1 is 0.846 bits per heavy atom. The lowest BCUT2D eigenvalue weighted by Gasteiger charge is -2.10. The number of aromatic hydroxyl groups is 1. The molecule has 0 spiro atoms. The van der Waals surface area contributed by atoms with E-state index in [-0.39, 0.29) is 24.0 Å². The minimum atomic E-state index is -0.314. The fraction of sp³-hybridized carbons (Fsp3) is 0.0952. The topological polar surface area (TPSA) is 67.8 Å². The average Bonchev–Trinajstić information content (AvgIpc) is 2.68. The molecule has 5 nitrogen and oxygen atoms in total. The lowest BCUT2D eigenvalue weighted by atomic mass is 10.2. The van der Waals surface area contributed by atoms with Crippen LogP contribution in [0.1, 0.15) is 5.56 Å². The van der Waals surface area contributed by atoms with E-state index >= 15 is 0 Å². The van der Waals surface area contributed by atoms with Crippen LogP contribution < -0.4 is 14.8 Å². The number of para-hydroxylation sites is 2. The molecule has 2 N–H and O–H groups in total. The molecule has 0 fully saturated rings. The van der Waals surface area contributed by atoms with E-state index in [4.69, 9.17) is 9.47 Å². The fourth-order valence-electron chi connectivity index (χ4n) is 2.29. The van der Waals surface area contributed by atoms with Crippen molar-refractivity contribution in [3.05, 3.63) is 84.4 Å². The van der Waals surface area contributed by atoms with E-state index in [1.165, 1.54) is 6.07 Å². The second kappa shape index (κ2) is 8.58. The molecular weight excluding hydrogens is 330 g/mol. The number of ether oxygens (including phenoxy) is 2. The Kier molecular flexibility index (Phi) is 5.72. The monoisotopic (exact) mass is 349 g/mol. The molecule has 1 amide bonds. The van der Waals surface area contributed by atoms with Gasteiger partial charge in [-0.15, -0.1) is 0 Å². The molecule has 3 aromatic carbocycles.